The molecule has 0 saturated heterocycles. The van der Waals surface area contributed by atoms with E-state index in [1.54, 1.807) is 20.2 Å². The zero-order valence-electron chi connectivity index (χ0n) is 6.03. The molecule has 56 valence electrons. The summed E-state index contributed by atoms with van der Waals surface area (Å²) in [7, 11) is 3.09. The van der Waals surface area contributed by atoms with Crippen LogP contribution in [0.2, 0.25) is 0 Å². The number of carbonyl (C=O) groups is 1. The molecule has 0 aromatic heterocycles. The van der Waals surface area contributed by atoms with E-state index in [2.05, 4.69) is 0 Å². The van der Waals surface area contributed by atoms with Gasteiger partial charge in [-0.25, -0.2) is 0 Å². The normalized spacial score (nSPS) is 11.8. The van der Waals surface area contributed by atoms with Gasteiger partial charge >= 0.3 is 0 Å². The van der Waals surface area contributed by atoms with E-state index in [1.807, 2.05) is 0 Å². The second kappa shape index (κ2) is 3.85. The lowest BCUT2D eigenvalue weighted by Crippen LogP contribution is -2.30. The molecule has 0 fully saturated rings. The van der Waals surface area contributed by atoms with E-state index in [0.29, 0.717) is 0 Å². The topological polar surface area (TPSA) is 64.3 Å². The Morgan fingerprint density at radius 3 is 2.40 bits per heavy atom. The number of amides is 1. The van der Waals surface area contributed by atoms with Gasteiger partial charge in [-0.05, 0) is 0 Å². The van der Waals surface area contributed by atoms with Gasteiger partial charge in [-0.3, -0.25) is 4.79 Å². The summed E-state index contributed by atoms with van der Waals surface area (Å²) in [6.07, 6.45) is 0. The minimum Gasteiger partial charge on any atom is -0.394 e. The molecule has 1 N–H and O–H groups in total. The summed E-state index contributed by atoms with van der Waals surface area (Å²) in [5.41, 5.74) is 0. The maximum atomic E-state index is 10.8. The predicted octanol–water partition coefficient (Wildman–Crippen LogP) is -0.793. The smallest absolute Gasteiger partial charge is 0.241 e. The van der Waals surface area contributed by atoms with Gasteiger partial charge in [0.1, 0.15) is 5.92 Å². The van der Waals surface area contributed by atoms with Gasteiger partial charge in [-0.1, -0.05) is 0 Å². The highest BCUT2D eigenvalue weighted by Crippen LogP contribution is 1.96. The largest absolute Gasteiger partial charge is 0.394 e. The molecule has 0 rings (SSSR count). The standard InChI is InChI=1S/C6H10N2O2/c1-8(2)6(10)5(3-7)4-9/h5,9H,4H2,1-2H3. The van der Waals surface area contributed by atoms with Crippen LogP contribution < -0.4 is 0 Å². The van der Waals surface area contributed by atoms with Crippen molar-refractivity contribution in [2.24, 2.45) is 5.92 Å². The maximum Gasteiger partial charge on any atom is 0.241 e. The molecule has 0 heterocycles. The molecule has 0 aliphatic rings. The van der Waals surface area contributed by atoms with Crippen LogP contribution >= 0.6 is 0 Å². The molecule has 1 atom stereocenters. The SMILES string of the molecule is CN(C)C(=O)C(C#N)CO. The van der Waals surface area contributed by atoms with E-state index in [-0.39, 0.29) is 5.91 Å². The summed E-state index contributed by atoms with van der Waals surface area (Å²) >= 11 is 0. The van der Waals surface area contributed by atoms with Gasteiger partial charge in [-0.2, -0.15) is 5.26 Å². The van der Waals surface area contributed by atoms with Crippen LogP contribution in [0.3, 0.4) is 0 Å². The van der Waals surface area contributed by atoms with Gasteiger partial charge in [0.15, 0.2) is 0 Å². The average molecular weight is 142 g/mol. The molecular formula is C6H10N2O2. The monoisotopic (exact) mass is 142 g/mol. The van der Waals surface area contributed by atoms with Crippen LogP contribution in [0.25, 0.3) is 0 Å². The van der Waals surface area contributed by atoms with Crippen LogP contribution in [0.1, 0.15) is 0 Å². The summed E-state index contributed by atoms with van der Waals surface area (Å²) in [5.74, 6) is -1.26. The van der Waals surface area contributed by atoms with Crippen molar-refractivity contribution in [2.45, 2.75) is 0 Å². The maximum absolute atomic E-state index is 10.8. The molecule has 4 heteroatoms. The first-order chi connectivity index (χ1) is 4.63. The van der Waals surface area contributed by atoms with Crippen LogP contribution in [0, 0.1) is 17.2 Å². The van der Waals surface area contributed by atoms with E-state index >= 15 is 0 Å². The Bertz CT molecular complexity index is 160. The van der Waals surface area contributed by atoms with Crippen molar-refractivity contribution in [1.29, 1.82) is 5.26 Å². The molecule has 4 nitrogen and oxygen atoms in total. The van der Waals surface area contributed by atoms with Crippen molar-refractivity contribution < 1.29 is 9.90 Å². The summed E-state index contributed by atoms with van der Waals surface area (Å²) in [5, 5.41) is 16.8. The fraction of sp³-hybridized carbons (Fsp3) is 0.667. The van der Waals surface area contributed by atoms with Crippen LogP contribution in [0.5, 0.6) is 0 Å². The number of hydrogen-bond acceptors (Lipinski definition) is 3. The first kappa shape index (κ1) is 8.92. The molecular weight excluding hydrogens is 132 g/mol. The van der Waals surface area contributed by atoms with E-state index in [1.165, 1.54) is 4.90 Å². The molecule has 0 aliphatic heterocycles. The molecule has 0 aromatic carbocycles. The van der Waals surface area contributed by atoms with Crippen LogP contribution in [0.15, 0.2) is 0 Å². The number of hydrogen-bond donors (Lipinski definition) is 1. The number of nitriles is 1. The lowest BCUT2D eigenvalue weighted by Gasteiger charge is -2.11. The fourth-order valence-electron chi connectivity index (χ4n) is 0.486. The number of nitrogens with zero attached hydrogens (tertiary/aromatic N) is 2. The van der Waals surface area contributed by atoms with Crippen molar-refractivity contribution in [3.05, 3.63) is 0 Å². The van der Waals surface area contributed by atoms with Crippen LogP contribution in [0.4, 0.5) is 0 Å². The predicted molar refractivity (Wildman–Crippen MR) is 34.9 cm³/mol. The summed E-state index contributed by atoms with van der Waals surface area (Å²) in [4.78, 5) is 12.1. The molecule has 0 spiro atoms. The molecule has 0 radical (unpaired) electrons. The summed E-state index contributed by atoms with van der Waals surface area (Å²) in [6.45, 7) is -0.409. The molecule has 10 heavy (non-hydrogen) atoms. The van der Waals surface area contributed by atoms with Gasteiger partial charge in [-0.15, -0.1) is 0 Å². The van der Waals surface area contributed by atoms with Crippen LogP contribution in [-0.2, 0) is 4.79 Å². The zero-order chi connectivity index (χ0) is 8.15. The minimum atomic E-state index is -0.907. The number of rotatable bonds is 2. The summed E-state index contributed by atoms with van der Waals surface area (Å²) < 4.78 is 0. The second-order valence-electron chi connectivity index (χ2n) is 2.10. The second-order valence-corrected chi connectivity index (χ2v) is 2.10. The first-order valence-electron chi connectivity index (χ1n) is 2.85. The Morgan fingerprint density at radius 2 is 2.30 bits per heavy atom. The zero-order valence-corrected chi connectivity index (χ0v) is 6.03. The number of aliphatic hydroxyl groups is 1. The minimum absolute atomic E-state index is 0.356. The Labute approximate surface area is 59.7 Å². The highest BCUT2D eigenvalue weighted by Gasteiger charge is 2.17. The van der Waals surface area contributed by atoms with Crippen molar-refractivity contribution in [3.63, 3.8) is 0 Å². The lowest BCUT2D eigenvalue weighted by atomic mass is 10.2. The van der Waals surface area contributed by atoms with Crippen molar-refractivity contribution in [2.75, 3.05) is 20.7 Å². The Balaban J connectivity index is 4.06. The lowest BCUT2D eigenvalue weighted by molar-refractivity contribution is -0.132. The molecule has 0 saturated carbocycles. The van der Waals surface area contributed by atoms with Gasteiger partial charge < -0.3 is 10.0 Å². The van der Waals surface area contributed by atoms with Crippen molar-refractivity contribution in [1.82, 2.24) is 4.90 Å². The third kappa shape index (κ3) is 2.03. The van der Waals surface area contributed by atoms with Crippen molar-refractivity contribution in [3.8, 4) is 6.07 Å². The number of aliphatic hydroxyl groups excluding tert-OH is 1. The number of carbonyl (C=O) groups excluding carboxylic acids is 1. The highest BCUT2D eigenvalue weighted by molar-refractivity contribution is 5.80. The Hall–Kier alpha value is -1.08. The summed E-state index contributed by atoms with van der Waals surface area (Å²) in [6, 6.07) is 1.69. The first-order valence-corrected chi connectivity index (χ1v) is 2.85. The Morgan fingerprint density at radius 1 is 1.80 bits per heavy atom. The van der Waals surface area contributed by atoms with Crippen molar-refractivity contribution >= 4 is 5.91 Å². The molecule has 1 amide bonds. The molecule has 0 bridgehead atoms. The quantitative estimate of drug-likeness (QED) is 0.549. The molecule has 0 aliphatic carbocycles. The van der Waals surface area contributed by atoms with Crippen LogP contribution in [-0.4, -0.2) is 36.6 Å². The molecule has 1 unspecified atom stereocenters. The third-order valence-corrected chi connectivity index (χ3v) is 1.08. The Kier molecular flexibility index (Phi) is 3.44. The highest BCUT2D eigenvalue weighted by atomic mass is 16.3. The fourth-order valence-corrected chi connectivity index (χ4v) is 0.486. The average Bonchev–Trinajstić information content (AvgIpc) is 1.90. The van der Waals surface area contributed by atoms with E-state index in [9.17, 15) is 4.79 Å². The van der Waals surface area contributed by atoms with E-state index in [0.717, 1.165) is 0 Å². The van der Waals surface area contributed by atoms with Gasteiger partial charge in [0.25, 0.3) is 0 Å². The van der Waals surface area contributed by atoms with E-state index in [4.69, 9.17) is 10.4 Å². The van der Waals surface area contributed by atoms with Gasteiger partial charge in [0, 0.05) is 14.1 Å². The third-order valence-electron chi connectivity index (χ3n) is 1.08. The van der Waals surface area contributed by atoms with Gasteiger partial charge in [0.2, 0.25) is 5.91 Å². The van der Waals surface area contributed by atoms with Gasteiger partial charge in [0.05, 0.1) is 12.7 Å². The molecule has 0 aromatic rings. The van der Waals surface area contributed by atoms with E-state index < -0.39 is 12.5 Å².